The lowest BCUT2D eigenvalue weighted by molar-refractivity contribution is -0.153. The molecule has 1 aliphatic heterocycles. The molecule has 2 unspecified atom stereocenters. The van der Waals surface area contributed by atoms with Crippen LogP contribution in [0.2, 0.25) is 0 Å². The molecule has 1 aromatic rings. The SMILES string of the molecule is CCCC1C(=O)NC(C(C)(C)C)C(=O)N1Cc1nccs1. The van der Waals surface area contributed by atoms with Crippen molar-refractivity contribution in [3.8, 4) is 0 Å². The normalized spacial score (nSPS) is 23.3. The molecule has 1 N–H and O–H groups in total. The summed E-state index contributed by atoms with van der Waals surface area (Å²) in [6, 6.07) is -0.858. The van der Waals surface area contributed by atoms with E-state index < -0.39 is 6.04 Å². The van der Waals surface area contributed by atoms with Gasteiger partial charge in [-0.2, -0.15) is 0 Å². The van der Waals surface area contributed by atoms with Gasteiger partial charge in [0.25, 0.3) is 0 Å². The molecule has 5 nitrogen and oxygen atoms in total. The summed E-state index contributed by atoms with van der Waals surface area (Å²) in [4.78, 5) is 31.2. The summed E-state index contributed by atoms with van der Waals surface area (Å²) >= 11 is 1.51. The van der Waals surface area contributed by atoms with Gasteiger partial charge >= 0.3 is 0 Å². The highest BCUT2D eigenvalue weighted by Gasteiger charge is 2.44. The number of amides is 2. The van der Waals surface area contributed by atoms with Crippen molar-refractivity contribution in [2.45, 2.75) is 59.2 Å². The summed E-state index contributed by atoms with van der Waals surface area (Å²) in [6.45, 7) is 8.35. The molecular weight excluding hydrogens is 286 g/mol. The van der Waals surface area contributed by atoms with Crippen molar-refractivity contribution < 1.29 is 9.59 Å². The van der Waals surface area contributed by atoms with E-state index >= 15 is 0 Å². The Morgan fingerprint density at radius 3 is 2.62 bits per heavy atom. The Kier molecular flexibility index (Phi) is 4.66. The lowest BCUT2D eigenvalue weighted by Gasteiger charge is -2.43. The van der Waals surface area contributed by atoms with Crippen LogP contribution in [0.25, 0.3) is 0 Å². The fourth-order valence-electron chi connectivity index (χ4n) is 2.57. The van der Waals surface area contributed by atoms with Gasteiger partial charge in [0, 0.05) is 11.6 Å². The highest BCUT2D eigenvalue weighted by Crippen LogP contribution is 2.27. The van der Waals surface area contributed by atoms with E-state index in [0.29, 0.717) is 13.0 Å². The van der Waals surface area contributed by atoms with Gasteiger partial charge in [0.05, 0.1) is 6.54 Å². The highest BCUT2D eigenvalue weighted by atomic mass is 32.1. The molecule has 0 saturated carbocycles. The minimum atomic E-state index is -0.474. The quantitative estimate of drug-likeness (QED) is 0.927. The van der Waals surface area contributed by atoms with Gasteiger partial charge in [-0.25, -0.2) is 4.98 Å². The molecule has 116 valence electrons. The molecule has 2 atom stereocenters. The molecule has 6 heteroatoms. The fourth-order valence-corrected chi connectivity index (χ4v) is 3.19. The first-order valence-electron chi connectivity index (χ1n) is 7.33. The van der Waals surface area contributed by atoms with Gasteiger partial charge in [-0.1, -0.05) is 34.1 Å². The molecular formula is C15H23N3O2S. The number of thiazole rings is 1. The Morgan fingerprint density at radius 1 is 1.38 bits per heavy atom. The number of hydrogen-bond donors (Lipinski definition) is 1. The number of nitrogens with one attached hydrogen (secondary N) is 1. The average molecular weight is 309 g/mol. The third-order valence-electron chi connectivity index (χ3n) is 3.71. The van der Waals surface area contributed by atoms with E-state index in [4.69, 9.17) is 0 Å². The maximum atomic E-state index is 12.8. The van der Waals surface area contributed by atoms with Crippen LogP contribution in [-0.2, 0) is 16.1 Å². The second kappa shape index (κ2) is 6.13. The maximum absolute atomic E-state index is 12.8. The third-order valence-corrected chi connectivity index (χ3v) is 4.48. The van der Waals surface area contributed by atoms with Crippen molar-refractivity contribution in [1.82, 2.24) is 15.2 Å². The highest BCUT2D eigenvalue weighted by molar-refractivity contribution is 7.09. The molecule has 2 heterocycles. The van der Waals surface area contributed by atoms with E-state index in [1.807, 2.05) is 33.1 Å². The van der Waals surface area contributed by atoms with Gasteiger partial charge < -0.3 is 10.2 Å². The molecule has 0 radical (unpaired) electrons. The molecule has 1 saturated heterocycles. The van der Waals surface area contributed by atoms with E-state index in [-0.39, 0.29) is 23.3 Å². The molecule has 21 heavy (non-hydrogen) atoms. The molecule has 2 rings (SSSR count). The Hall–Kier alpha value is -1.43. The van der Waals surface area contributed by atoms with Crippen molar-refractivity contribution in [3.63, 3.8) is 0 Å². The number of aromatic nitrogens is 1. The Balaban J connectivity index is 2.28. The number of nitrogens with zero attached hydrogens (tertiary/aromatic N) is 2. The molecule has 1 aromatic heterocycles. The first kappa shape index (κ1) is 15.9. The molecule has 0 spiro atoms. The van der Waals surface area contributed by atoms with Gasteiger partial charge in [0.15, 0.2) is 0 Å². The number of carbonyl (C=O) groups excluding carboxylic acids is 2. The summed E-state index contributed by atoms with van der Waals surface area (Å²) in [5, 5.41) is 5.66. The monoisotopic (exact) mass is 309 g/mol. The van der Waals surface area contributed by atoms with Crippen molar-refractivity contribution >= 4 is 23.2 Å². The lowest BCUT2D eigenvalue weighted by atomic mass is 9.83. The number of carbonyl (C=O) groups is 2. The molecule has 2 amide bonds. The first-order valence-corrected chi connectivity index (χ1v) is 8.21. The summed E-state index contributed by atoms with van der Waals surface area (Å²) in [5.41, 5.74) is -0.301. The summed E-state index contributed by atoms with van der Waals surface area (Å²) in [5.74, 6) is -0.0521. The summed E-state index contributed by atoms with van der Waals surface area (Å²) in [7, 11) is 0. The van der Waals surface area contributed by atoms with E-state index in [1.54, 1.807) is 11.1 Å². The molecule has 0 aliphatic carbocycles. The van der Waals surface area contributed by atoms with Crippen molar-refractivity contribution in [2.75, 3.05) is 0 Å². The number of piperazine rings is 1. The molecule has 0 bridgehead atoms. The largest absolute Gasteiger partial charge is 0.342 e. The van der Waals surface area contributed by atoms with Crippen LogP contribution in [0.4, 0.5) is 0 Å². The number of rotatable bonds is 4. The van der Waals surface area contributed by atoms with Gasteiger partial charge in [-0.3, -0.25) is 9.59 Å². The lowest BCUT2D eigenvalue weighted by Crippen LogP contribution is -2.66. The fraction of sp³-hybridized carbons (Fsp3) is 0.667. The second-order valence-electron chi connectivity index (χ2n) is 6.50. The van der Waals surface area contributed by atoms with E-state index in [2.05, 4.69) is 10.3 Å². The zero-order chi connectivity index (χ0) is 15.6. The number of hydrogen-bond acceptors (Lipinski definition) is 4. The zero-order valence-electron chi connectivity index (χ0n) is 13.0. The van der Waals surface area contributed by atoms with Crippen LogP contribution in [0.3, 0.4) is 0 Å². The summed E-state index contributed by atoms with van der Waals surface area (Å²) in [6.07, 6.45) is 3.27. The van der Waals surface area contributed by atoms with Crippen molar-refractivity contribution in [1.29, 1.82) is 0 Å². The smallest absolute Gasteiger partial charge is 0.246 e. The second-order valence-corrected chi connectivity index (χ2v) is 7.48. The van der Waals surface area contributed by atoms with Crippen molar-refractivity contribution in [3.05, 3.63) is 16.6 Å². The Bertz CT molecular complexity index is 507. The van der Waals surface area contributed by atoms with Gasteiger partial charge in [0.1, 0.15) is 17.1 Å². The average Bonchev–Trinajstić information content (AvgIpc) is 2.89. The standard InChI is InChI=1S/C15H23N3O2S/c1-5-6-10-13(19)17-12(15(2,3)4)14(20)18(10)9-11-16-7-8-21-11/h7-8,10,12H,5-6,9H2,1-4H3,(H,17,19). The molecule has 1 fully saturated rings. The minimum absolute atomic E-state index is 0.00394. The zero-order valence-corrected chi connectivity index (χ0v) is 13.9. The first-order chi connectivity index (χ1) is 9.84. The topological polar surface area (TPSA) is 62.3 Å². The van der Waals surface area contributed by atoms with Crippen LogP contribution in [0, 0.1) is 5.41 Å². The Labute approximate surface area is 129 Å². The van der Waals surface area contributed by atoms with Crippen LogP contribution in [0.5, 0.6) is 0 Å². The minimum Gasteiger partial charge on any atom is -0.342 e. The predicted molar refractivity (Wildman–Crippen MR) is 82.7 cm³/mol. The van der Waals surface area contributed by atoms with Crippen LogP contribution in [0.1, 0.15) is 45.5 Å². The van der Waals surface area contributed by atoms with Crippen LogP contribution in [0.15, 0.2) is 11.6 Å². The van der Waals surface area contributed by atoms with Gasteiger partial charge in [-0.15, -0.1) is 11.3 Å². The predicted octanol–water partition coefficient (Wildman–Crippen LogP) is 2.18. The maximum Gasteiger partial charge on any atom is 0.246 e. The Morgan fingerprint density at radius 2 is 2.10 bits per heavy atom. The van der Waals surface area contributed by atoms with Crippen molar-refractivity contribution in [2.24, 2.45) is 5.41 Å². The van der Waals surface area contributed by atoms with Gasteiger partial charge in [-0.05, 0) is 11.8 Å². The van der Waals surface area contributed by atoms with E-state index in [9.17, 15) is 9.59 Å². The molecule has 0 aromatic carbocycles. The van der Waals surface area contributed by atoms with E-state index in [1.165, 1.54) is 11.3 Å². The molecule has 1 aliphatic rings. The third kappa shape index (κ3) is 3.43. The van der Waals surface area contributed by atoms with Crippen LogP contribution < -0.4 is 5.32 Å². The van der Waals surface area contributed by atoms with Crippen LogP contribution in [-0.4, -0.2) is 33.8 Å². The van der Waals surface area contributed by atoms with Gasteiger partial charge in [0.2, 0.25) is 11.8 Å². The van der Waals surface area contributed by atoms with Crippen LogP contribution >= 0.6 is 11.3 Å². The van der Waals surface area contributed by atoms with E-state index in [0.717, 1.165) is 11.4 Å². The summed E-state index contributed by atoms with van der Waals surface area (Å²) < 4.78 is 0.